The third-order valence-corrected chi connectivity index (χ3v) is 22.8. The van der Waals surface area contributed by atoms with Gasteiger partial charge in [-0.05, 0) is 149 Å². The Kier molecular flexibility index (Phi) is 47.7. The van der Waals surface area contributed by atoms with E-state index in [9.17, 15) is 19.8 Å². The topological polar surface area (TPSA) is 281 Å². The van der Waals surface area contributed by atoms with E-state index in [4.69, 9.17) is 66.3 Å². The second kappa shape index (κ2) is 58.6. The van der Waals surface area contributed by atoms with Crippen molar-refractivity contribution in [3.63, 3.8) is 0 Å². The Bertz CT molecular complexity index is 6440. The minimum atomic E-state index is -0.284. The number of rotatable bonds is 27. The number of carbonyl (C=O) groups excluding carboxylic acids is 3. The molecule has 0 aromatic heterocycles. The first-order valence-corrected chi connectivity index (χ1v) is 45.8. The van der Waals surface area contributed by atoms with Crippen molar-refractivity contribution >= 4 is 109 Å². The van der Waals surface area contributed by atoms with Crippen molar-refractivity contribution in [3.05, 3.63) is 359 Å². The number of nitrogens with one attached hydrogen (secondary N) is 1. The summed E-state index contributed by atoms with van der Waals surface area (Å²) in [5.41, 5.74) is 21.3. The summed E-state index contributed by atoms with van der Waals surface area (Å²) in [5.74, 6) is 2.31. The van der Waals surface area contributed by atoms with Crippen LogP contribution in [0.5, 0.6) is 34.5 Å². The number of hydrogen-bond donors (Lipinski definition) is 1. The number of fused-ring (bicyclic) bond motifs is 2. The maximum absolute atomic E-state index is 12.3. The summed E-state index contributed by atoms with van der Waals surface area (Å²) in [6.07, 6.45) is 18.1. The first kappa shape index (κ1) is 114. The molecule has 12 aromatic rings. The third kappa shape index (κ3) is 31.1. The Morgan fingerprint density at radius 2 is 0.879 bits per heavy atom. The van der Waals surface area contributed by atoms with Crippen LogP contribution in [-0.4, -0.2) is 115 Å². The molecule has 0 atom stereocenters. The van der Waals surface area contributed by atoms with Gasteiger partial charge in [0.1, 0.15) is 18.7 Å². The summed E-state index contributed by atoms with van der Waals surface area (Å²) in [7, 11) is 5.96. The van der Waals surface area contributed by atoms with E-state index in [1.807, 2.05) is 24.3 Å². The molecule has 0 saturated carbocycles. The second-order valence-electron chi connectivity index (χ2n) is 32.1. The number of allylic oxidation sites excluding steroid dienone is 4. The molecule has 2 aliphatic carbocycles. The quantitative estimate of drug-likeness (QED) is 0.0217. The Morgan fingerprint density at radius 3 is 1.40 bits per heavy atom. The van der Waals surface area contributed by atoms with E-state index in [-0.39, 0.29) is 95.0 Å². The number of morpholine rings is 1. The molecule has 1 radical (unpaired) electrons. The fraction of sp³-hybridized carbons (Fsp3) is 0.283. The van der Waals surface area contributed by atoms with Gasteiger partial charge >= 0.3 is 28.4 Å². The zero-order valence-electron chi connectivity index (χ0n) is 80.1. The molecular weight excluding hydrogens is 1850 g/mol. The van der Waals surface area contributed by atoms with Gasteiger partial charge in [-0.3, -0.25) is 14.4 Å². The summed E-state index contributed by atoms with van der Waals surface area (Å²) in [5, 5.41) is 47.7. The fourth-order valence-corrected chi connectivity index (χ4v) is 15.0. The van der Waals surface area contributed by atoms with Gasteiger partial charge in [0.15, 0.2) is 47.9 Å². The molecule has 0 bridgehead atoms. The summed E-state index contributed by atoms with van der Waals surface area (Å²) < 4.78 is 42.5. The van der Waals surface area contributed by atoms with Crippen molar-refractivity contribution in [2.24, 2.45) is 0 Å². The number of diazo groups is 5. The Hall–Kier alpha value is -14.9. The number of aryl methyl sites for hydroxylation is 5. The van der Waals surface area contributed by atoms with E-state index in [0.717, 1.165) is 109 Å². The van der Waals surface area contributed by atoms with Crippen LogP contribution in [0.1, 0.15) is 171 Å². The maximum Gasteiger partial charge on any atom is 0.430 e. The van der Waals surface area contributed by atoms with Crippen molar-refractivity contribution < 1.29 is 84.8 Å². The Labute approximate surface area is 855 Å². The van der Waals surface area contributed by atoms with Crippen LogP contribution in [-0.2, 0) is 37.4 Å². The van der Waals surface area contributed by atoms with E-state index in [0.29, 0.717) is 99.6 Å². The van der Waals surface area contributed by atoms with Gasteiger partial charge in [-0.1, -0.05) is 207 Å². The van der Waals surface area contributed by atoms with Gasteiger partial charge in [0.05, 0.1) is 84.4 Å². The maximum atomic E-state index is 12.3. The zero-order chi connectivity index (χ0) is 97.4. The van der Waals surface area contributed by atoms with E-state index < -0.39 is 0 Å². The molecule has 1 N–H and O–H groups in total. The number of hydrogen-bond acceptors (Lipinski definition) is 17. The Morgan fingerprint density at radius 1 is 0.429 bits per heavy atom. The number of halogens is 1. The molecule has 25 nitrogen and oxygen atoms in total. The number of unbranched alkanes of at least 4 members (excludes halogenated alkanes) is 4. The van der Waals surface area contributed by atoms with Crippen molar-refractivity contribution in [2.45, 2.75) is 136 Å². The normalized spacial score (nSPS) is 11.4. The second-order valence-corrected chi connectivity index (χ2v) is 32.6. The van der Waals surface area contributed by atoms with Crippen LogP contribution in [0.2, 0.25) is 5.02 Å². The number of ether oxygens (including phenoxy) is 7. The van der Waals surface area contributed by atoms with Gasteiger partial charge in [-0.15, -0.1) is 0 Å². The number of nitrogens with zero attached hydrogens (tertiary/aromatic N) is 14. The molecular formula is C113H129ClN15O10Y+7. The molecule has 0 spiro atoms. The number of carbonyl (C=O) groups is 3. The summed E-state index contributed by atoms with van der Waals surface area (Å²) in [4.78, 5) is 57.0. The van der Waals surface area contributed by atoms with E-state index >= 15 is 0 Å². The minimum Gasteiger partial charge on any atom is -0.494 e. The average molecular weight is 1980 g/mol. The van der Waals surface area contributed by atoms with Gasteiger partial charge in [-0.2, -0.15) is 4.58 Å². The molecule has 1 aliphatic heterocycles. The minimum absolute atomic E-state index is 0. The van der Waals surface area contributed by atoms with Crippen LogP contribution in [0.4, 0.5) is 68.2 Å². The van der Waals surface area contributed by atoms with Crippen LogP contribution >= 0.6 is 11.6 Å². The Balaban J connectivity index is 0.000000270. The van der Waals surface area contributed by atoms with Gasteiger partial charge in [0.2, 0.25) is 72.8 Å². The van der Waals surface area contributed by atoms with Crippen LogP contribution in [0.3, 0.4) is 0 Å². The van der Waals surface area contributed by atoms with Crippen molar-refractivity contribution in [1.29, 1.82) is 27.0 Å². The molecule has 27 heteroatoms. The predicted molar refractivity (Wildman–Crippen MR) is 565 cm³/mol. The van der Waals surface area contributed by atoms with Crippen molar-refractivity contribution in [1.82, 2.24) is 4.58 Å². The van der Waals surface area contributed by atoms with E-state index in [1.165, 1.54) is 105 Å². The van der Waals surface area contributed by atoms with Crippen LogP contribution in [0.15, 0.2) is 273 Å². The smallest absolute Gasteiger partial charge is 0.430 e. The van der Waals surface area contributed by atoms with Gasteiger partial charge < -0.3 is 48.3 Å². The summed E-state index contributed by atoms with van der Waals surface area (Å²) >= 11 is 5.63. The number of ketones is 2. The van der Waals surface area contributed by atoms with Crippen LogP contribution < -0.4 is 48.1 Å². The third-order valence-electron chi connectivity index (χ3n) is 22.6. The number of benzene rings is 12. The SMILES string of the molecule is C.C.C.CCCCOc1cc(N2CCOCC2)c(OCCCC)cc1[N+]#N.CCCC[N+](CCCC)=C1C=CC(=[N+](c2ccc(C)cc2)c2ccc(N(c3ccc(C)cc3)c3ccc(C)cc3)cc2)C=C1.COc1cc(-c2ccc(C)c(C)c2)ccc1[N+]#N.COc1cc(NC(=O)c2ccccc2)c(OC)cc1[N+]#N.COc1ccc(Cl)cc1[N+]#N.N#[N+]c1cccc2c1C(=O)c1ccccc1C2=O.[Y]. The molecule has 1 amide bonds. The predicted octanol–water partition coefficient (Wildman–Crippen LogP) is 30.5. The monoisotopic (exact) mass is 1980 g/mol. The van der Waals surface area contributed by atoms with Crippen molar-refractivity contribution in [2.75, 3.05) is 96.2 Å². The zero-order valence-corrected chi connectivity index (χ0v) is 83.7. The van der Waals surface area contributed by atoms with Gasteiger partial charge in [-0.25, -0.2) is 4.58 Å². The van der Waals surface area contributed by atoms with Gasteiger partial charge in [0.25, 0.3) is 5.91 Å². The molecule has 140 heavy (non-hydrogen) atoms. The molecule has 0 unspecified atom stereocenters. The molecule has 1 heterocycles. The molecule has 1 fully saturated rings. The molecule has 719 valence electrons. The van der Waals surface area contributed by atoms with E-state index in [1.54, 1.807) is 92.0 Å². The molecule has 12 aromatic carbocycles. The number of anilines is 5. The van der Waals surface area contributed by atoms with Gasteiger partial charge in [0, 0.05) is 176 Å². The first-order chi connectivity index (χ1) is 66.1. The standard InChI is InChI=1S/C41H47N3.C18H28N3O3.C15H13N3O3.C15H15N2O.C14H7N2O2.C7H6ClN2O.3CH4.Y/c1-6-8-30-42(31-9-7-2)35-22-24-39(25-23-35)44(38-20-14-34(5)15-21-38)41-28-26-40(27-29-41)43(36-16-10-32(3)11-17-36)37-18-12-33(4)13-19-37;1-3-5-9-23-17-14-16(21-7-11-22-12-8-21)18(13-15(17)20-19)24-10-6-4-2;1-20-13-9-12(18-16)14(21-2)8-11(13)17-15(19)10-6-4-3-5-7-10;1-10-4-5-12(8-11(10)2)13-6-7-14(17-16)15(9-13)18-3;15-16-11-7-3-6-10-12(11)14(18)9-5-2-1-4-8(9)13(10)17;1-11-7-3-2-5(8)4-6(7)10-9;;;;/h10-29H,6-9,30-31H2,1-5H3;13-14H,3-12H2,1-2H3;3-9H,1-2H3;4-9H,1-3H3;1-7H;2-4H,1H3;3*1H4;/q+2;+1;;3*+1;;;;/p+1. The van der Waals surface area contributed by atoms with Crippen LogP contribution in [0, 0.1) is 61.6 Å². The molecule has 3 aliphatic rings. The number of methoxy groups -OCH3 is 4. The van der Waals surface area contributed by atoms with E-state index in [2.05, 4.69) is 251 Å². The first-order valence-electron chi connectivity index (χ1n) is 45.4. The largest absolute Gasteiger partial charge is 0.494 e. The summed E-state index contributed by atoms with van der Waals surface area (Å²) in [6, 6.07) is 78.8. The van der Waals surface area contributed by atoms with Crippen LogP contribution in [0.25, 0.3) is 36.0 Å². The van der Waals surface area contributed by atoms with Crippen molar-refractivity contribution in [3.8, 4) is 45.6 Å². The average Bonchev–Trinajstić information content (AvgIpc) is 0.752. The number of amides is 1. The molecule has 15 rings (SSSR count). The molecule has 1 saturated heterocycles. The summed E-state index contributed by atoms with van der Waals surface area (Å²) in [6.45, 7) is 25.9. The fourth-order valence-electron chi connectivity index (χ4n) is 14.8.